The number of primary amides is 1. The van der Waals surface area contributed by atoms with E-state index in [9.17, 15) is 22.8 Å². The standard InChI is InChI=1S/C19H22ClN5O5S/c1-24-11-15(10-16(24)17(21)26)31(29,30)25-8-6-13(7-9-25)19(28)23-22-18(27)12-2-4-14(20)5-3-12/h2-5,10-11,13H,6-9H2,1H3,(H2,21,26)(H,22,27)(H,23,28). The third-order valence-electron chi connectivity index (χ3n) is 5.10. The van der Waals surface area contributed by atoms with E-state index in [0.29, 0.717) is 10.6 Å². The molecule has 2 aromatic rings. The van der Waals surface area contributed by atoms with Crippen molar-refractivity contribution in [3.63, 3.8) is 0 Å². The van der Waals surface area contributed by atoms with E-state index in [1.54, 1.807) is 12.1 Å². The maximum Gasteiger partial charge on any atom is 0.269 e. The van der Waals surface area contributed by atoms with Crippen molar-refractivity contribution in [2.75, 3.05) is 13.1 Å². The number of rotatable bonds is 5. The lowest BCUT2D eigenvalue weighted by Gasteiger charge is -2.30. The molecule has 0 radical (unpaired) electrons. The van der Waals surface area contributed by atoms with Crippen LogP contribution in [0.25, 0.3) is 0 Å². The van der Waals surface area contributed by atoms with Gasteiger partial charge in [0.05, 0.1) is 0 Å². The van der Waals surface area contributed by atoms with E-state index in [1.165, 1.54) is 40.3 Å². The number of piperidine rings is 1. The predicted molar refractivity (Wildman–Crippen MR) is 112 cm³/mol. The Morgan fingerprint density at radius 3 is 2.26 bits per heavy atom. The van der Waals surface area contributed by atoms with E-state index in [4.69, 9.17) is 17.3 Å². The summed E-state index contributed by atoms with van der Waals surface area (Å²) in [5.41, 5.74) is 10.4. The van der Waals surface area contributed by atoms with Gasteiger partial charge in [-0.05, 0) is 43.2 Å². The van der Waals surface area contributed by atoms with Crippen LogP contribution in [0, 0.1) is 5.92 Å². The maximum absolute atomic E-state index is 12.8. The zero-order valence-corrected chi connectivity index (χ0v) is 18.2. The summed E-state index contributed by atoms with van der Waals surface area (Å²) in [4.78, 5) is 35.8. The summed E-state index contributed by atoms with van der Waals surface area (Å²) in [5, 5.41) is 0.489. The highest BCUT2D eigenvalue weighted by Gasteiger charge is 2.33. The SMILES string of the molecule is Cn1cc(S(=O)(=O)N2CCC(C(=O)NNC(=O)c3ccc(Cl)cc3)CC2)cc1C(N)=O. The van der Waals surface area contributed by atoms with Gasteiger partial charge in [-0.25, -0.2) is 8.42 Å². The van der Waals surface area contributed by atoms with Gasteiger partial charge >= 0.3 is 0 Å². The second-order valence-electron chi connectivity index (χ2n) is 7.16. The smallest absolute Gasteiger partial charge is 0.269 e. The van der Waals surface area contributed by atoms with Crippen molar-refractivity contribution in [1.29, 1.82) is 0 Å². The molecule has 0 bridgehead atoms. The lowest BCUT2D eigenvalue weighted by Crippen LogP contribution is -2.48. The number of hydrazine groups is 1. The third-order valence-corrected chi connectivity index (χ3v) is 7.22. The first-order chi connectivity index (χ1) is 14.6. The molecule has 0 atom stereocenters. The Hall–Kier alpha value is -2.89. The minimum Gasteiger partial charge on any atom is -0.364 e. The lowest BCUT2D eigenvalue weighted by molar-refractivity contribution is -0.126. The Bertz CT molecular complexity index is 1110. The van der Waals surface area contributed by atoms with Crippen LogP contribution in [0.1, 0.15) is 33.7 Å². The molecule has 3 amide bonds. The van der Waals surface area contributed by atoms with E-state index >= 15 is 0 Å². The molecule has 2 heterocycles. The number of nitrogens with zero attached hydrogens (tertiary/aromatic N) is 2. The minimum absolute atomic E-state index is 0.0260. The number of nitrogens with one attached hydrogen (secondary N) is 2. The van der Waals surface area contributed by atoms with E-state index in [2.05, 4.69) is 10.9 Å². The molecule has 1 aromatic carbocycles. The molecule has 1 saturated heterocycles. The molecule has 31 heavy (non-hydrogen) atoms. The third kappa shape index (κ3) is 5.06. The highest BCUT2D eigenvalue weighted by Crippen LogP contribution is 2.25. The molecule has 0 aliphatic carbocycles. The Morgan fingerprint density at radius 1 is 1.10 bits per heavy atom. The van der Waals surface area contributed by atoms with Gasteiger partial charge in [0.2, 0.25) is 15.9 Å². The summed E-state index contributed by atoms with van der Waals surface area (Å²) in [6.45, 7) is 0.263. The molecule has 10 nitrogen and oxygen atoms in total. The molecule has 4 N–H and O–H groups in total. The molecular weight excluding hydrogens is 446 g/mol. The van der Waals surface area contributed by atoms with Crippen LogP contribution < -0.4 is 16.6 Å². The van der Waals surface area contributed by atoms with Crippen molar-refractivity contribution in [1.82, 2.24) is 19.7 Å². The molecule has 0 unspecified atom stereocenters. The van der Waals surface area contributed by atoms with Crippen molar-refractivity contribution in [3.8, 4) is 0 Å². The monoisotopic (exact) mass is 467 g/mol. The summed E-state index contributed by atoms with van der Waals surface area (Å²) in [6, 6.07) is 7.42. The summed E-state index contributed by atoms with van der Waals surface area (Å²) in [5.74, 6) is -2.05. The van der Waals surface area contributed by atoms with Crippen LogP contribution >= 0.6 is 11.6 Å². The van der Waals surface area contributed by atoms with Crippen molar-refractivity contribution in [3.05, 3.63) is 52.8 Å². The van der Waals surface area contributed by atoms with Gasteiger partial charge in [0.15, 0.2) is 0 Å². The second kappa shape index (κ2) is 9.08. The zero-order chi connectivity index (χ0) is 22.8. The van der Waals surface area contributed by atoms with Gasteiger partial charge in [-0.1, -0.05) is 11.6 Å². The molecule has 1 aromatic heterocycles. The van der Waals surface area contributed by atoms with Gasteiger partial charge in [0.25, 0.3) is 11.8 Å². The average Bonchev–Trinajstić information content (AvgIpc) is 3.15. The topological polar surface area (TPSA) is 144 Å². The number of aromatic nitrogens is 1. The number of benzene rings is 1. The molecule has 1 aliphatic rings. The molecule has 0 saturated carbocycles. The zero-order valence-electron chi connectivity index (χ0n) is 16.7. The van der Waals surface area contributed by atoms with Gasteiger partial charge < -0.3 is 10.3 Å². The van der Waals surface area contributed by atoms with Crippen LogP contribution in [0.5, 0.6) is 0 Å². The van der Waals surface area contributed by atoms with Crippen LogP contribution in [0.3, 0.4) is 0 Å². The molecule has 0 spiro atoms. The first kappa shape index (κ1) is 22.8. The summed E-state index contributed by atoms with van der Waals surface area (Å²) >= 11 is 5.78. The van der Waals surface area contributed by atoms with Crippen molar-refractivity contribution < 1.29 is 22.8 Å². The van der Waals surface area contributed by atoms with Crippen LogP contribution in [-0.2, 0) is 21.9 Å². The van der Waals surface area contributed by atoms with E-state index in [0.717, 1.165) is 0 Å². The molecule has 3 rings (SSSR count). The van der Waals surface area contributed by atoms with Gasteiger partial charge in [-0.3, -0.25) is 25.2 Å². The van der Waals surface area contributed by atoms with Gasteiger partial charge in [0.1, 0.15) is 10.6 Å². The fourth-order valence-electron chi connectivity index (χ4n) is 3.32. The molecule has 1 aliphatic heterocycles. The van der Waals surface area contributed by atoms with E-state index < -0.39 is 33.7 Å². The number of sulfonamides is 1. The largest absolute Gasteiger partial charge is 0.364 e. The van der Waals surface area contributed by atoms with Crippen LogP contribution in [0.2, 0.25) is 5.02 Å². The number of amides is 3. The van der Waals surface area contributed by atoms with Crippen molar-refractivity contribution >= 4 is 39.3 Å². The Balaban J connectivity index is 1.55. The number of aryl methyl sites for hydroxylation is 1. The highest BCUT2D eigenvalue weighted by molar-refractivity contribution is 7.89. The molecular formula is C19H22ClN5O5S. The molecule has 166 valence electrons. The first-order valence-corrected chi connectivity index (χ1v) is 11.2. The number of carbonyl (C=O) groups is 3. The number of carbonyl (C=O) groups excluding carboxylic acids is 3. The van der Waals surface area contributed by atoms with E-state index in [-0.39, 0.29) is 36.5 Å². The Labute approximate surface area is 184 Å². The normalized spacial score (nSPS) is 15.4. The molecule has 1 fully saturated rings. The quantitative estimate of drug-likeness (QED) is 0.553. The number of hydrogen-bond acceptors (Lipinski definition) is 5. The number of halogens is 1. The fraction of sp³-hybridized carbons (Fsp3) is 0.316. The Kier molecular flexibility index (Phi) is 6.68. The second-order valence-corrected chi connectivity index (χ2v) is 9.54. The highest BCUT2D eigenvalue weighted by atomic mass is 35.5. The Morgan fingerprint density at radius 2 is 1.71 bits per heavy atom. The maximum atomic E-state index is 12.8. The summed E-state index contributed by atoms with van der Waals surface area (Å²) < 4.78 is 28.3. The van der Waals surface area contributed by atoms with Crippen LogP contribution in [0.4, 0.5) is 0 Å². The lowest BCUT2D eigenvalue weighted by atomic mass is 9.98. The average molecular weight is 468 g/mol. The van der Waals surface area contributed by atoms with Gasteiger partial charge in [-0.2, -0.15) is 4.31 Å². The number of nitrogens with two attached hydrogens (primary N) is 1. The van der Waals surface area contributed by atoms with Crippen LogP contribution in [-0.4, -0.2) is 48.1 Å². The fourth-order valence-corrected chi connectivity index (χ4v) is 4.99. The van der Waals surface area contributed by atoms with Crippen LogP contribution in [0.15, 0.2) is 41.4 Å². The van der Waals surface area contributed by atoms with Crippen molar-refractivity contribution in [2.24, 2.45) is 18.7 Å². The number of hydrogen-bond donors (Lipinski definition) is 3. The first-order valence-electron chi connectivity index (χ1n) is 9.41. The van der Waals surface area contributed by atoms with Gasteiger partial charge in [0, 0.05) is 42.8 Å². The van der Waals surface area contributed by atoms with E-state index in [1.807, 2.05) is 0 Å². The summed E-state index contributed by atoms with van der Waals surface area (Å²) in [6.07, 6.45) is 1.91. The van der Waals surface area contributed by atoms with Crippen molar-refractivity contribution in [2.45, 2.75) is 17.7 Å². The summed E-state index contributed by atoms with van der Waals surface area (Å²) in [7, 11) is -2.28. The van der Waals surface area contributed by atoms with Gasteiger partial charge in [-0.15, -0.1) is 0 Å². The predicted octanol–water partition coefficient (Wildman–Crippen LogP) is 0.639. The minimum atomic E-state index is -3.82. The molecule has 12 heteroatoms.